The Hall–Kier alpha value is -2.30. The normalized spacial score (nSPS) is 14.8. The number of phenols is 1. The highest BCUT2D eigenvalue weighted by molar-refractivity contribution is 5.91. The number of carbonyl (C=O) groups is 1. The lowest BCUT2D eigenvalue weighted by Gasteiger charge is -2.11. The molecule has 0 unspecified atom stereocenters. The Morgan fingerprint density at radius 3 is 2.72 bits per heavy atom. The highest BCUT2D eigenvalue weighted by Crippen LogP contribution is 2.38. The minimum Gasteiger partial charge on any atom is -0.507 e. The van der Waals surface area contributed by atoms with E-state index in [1.165, 1.54) is 31.4 Å². The van der Waals surface area contributed by atoms with Gasteiger partial charge in [0.15, 0.2) is 0 Å². The van der Waals surface area contributed by atoms with Gasteiger partial charge in [-0.05, 0) is 43.5 Å². The van der Waals surface area contributed by atoms with Crippen molar-refractivity contribution in [3.8, 4) is 17.0 Å². The zero-order valence-corrected chi connectivity index (χ0v) is 15.1. The Morgan fingerprint density at radius 2 is 2.04 bits per heavy atom. The molecule has 0 atom stereocenters. The topological polar surface area (TPSA) is 67.2 Å². The number of rotatable bonds is 6. The van der Waals surface area contributed by atoms with Crippen molar-refractivity contribution in [2.75, 3.05) is 5.32 Å². The van der Waals surface area contributed by atoms with Crippen LogP contribution in [0.15, 0.2) is 24.3 Å². The third-order valence-electron chi connectivity index (χ3n) is 4.90. The van der Waals surface area contributed by atoms with Crippen LogP contribution >= 0.6 is 0 Å². The molecule has 0 saturated heterocycles. The lowest BCUT2D eigenvalue weighted by Crippen LogP contribution is -2.09. The summed E-state index contributed by atoms with van der Waals surface area (Å²) >= 11 is 0. The van der Waals surface area contributed by atoms with Crippen molar-refractivity contribution < 1.29 is 9.90 Å². The van der Waals surface area contributed by atoms with Gasteiger partial charge in [0.2, 0.25) is 5.91 Å². The smallest absolute Gasteiger partial charge is 0.224 e. The van der Waals surface area contributed by atoms with E-state index < -0.39 is 0 Å². The van der Waals surface area contributed by atoms with Gasteiger partial charge < -0.3 is 10.4 Å². The maximum atomic E-state index is 11.6. The number of aromatic nitrogens is 2. The van der Waals surface area contributed by atoms with Gasteiger partial charge in [-0.1, -0.05) is 26.7 Å². The number of amides is 1. The Labute approximate surface area is 149 Å². The fraction of sp³-hybridized carbons (Fsp3) is 0.500. The summed E-state index contributed by atoms with van der Waals surface area (Å²) < 4.78 is 2.10. The maximum absolute atomic E-state index is 11.6. The van der Waals surface area contributed by atoms with E-state index in [2.05, 4.69) is 23.0 Å². The Morgan fingerprint density at radius 1 is 1.28 bits per heavy atom. The van der Waals surface area contributed by atoms with E-state index in [1.54, 1.807) is 18.2 Å². The lowest BCUT2D eigenvalue weighted by molar-refractivity contribution is -0.115. The molecule has 2 N–H and O–H groups in total. The van der Waals surface area contributed by atoms with Gasteiger partial charge >= 0.3 is 0 Å². The molecule has 1 heterocycles. The molecule has 1 aliphatic carbocycles. The fourth-order valence-corrected chi connectivity index (χ4v) is 3.57. The maximum Gasteiger partial charge on any atom is 0.224 e. The minimum absolute atomic E-state index is 0.0419. The van der Waals surface area contributed by atoms with Crippen LogP contribution in [0.4, 0.5) is 5.69 Å². The SMILES string of the molecule is CCCn1nc(-c2cc(NC(=O)CC)ccc2O)cc1C1CCCC1. The highest BCUT2D eigenvalue weighted by atomic mass is 16.3. The zero-order valence-electron chi connectivity index (χ0n) is 15.1. The van der Waals surface area contributed by atoms with Crippen LogP contribution in [0.25, 0.3) is 11.3 Å². The van der Waals surface area contributed by atoms with Crippen LogP contribution in [-0.2, 0) is 11.3 Å². The van der Waals surface area contributed by atoms with Crippen LogP contribution in [0.2, 0.25) is 0 Å². The van der Waals surface area contributed by atoms with Gasteiger partial charge in [-0.15, -0.1) is 0 Å². The number of aromatic hydroxyl groups is 1. The number of hydrogen-bond acceptors (Lipinski definition) is 3. The molecule has 2 aromatic rings. The number of phenolic OH excluding ortho intramolecular Hbond substituents is 1. The summed E-state index contributed by atoms with van der Waals surface area (Å²) in [6.07, 6.45) is 6.44. The molecule has 1 fully saturated rings. The summed E-state index contributed by atoms with van der Waals surface area (Å²) in [4.78, 5) is 11.6. The molecule has 1 amide bonds. The zero-order chi connectivity index (χ0) is 17.8. The van der Waals surface area contributed by atoms with Gasteiger partial charge in [0.1, 0.15) is 5.75 Å². The summed E-state index contributed by atoms with van der Waals surface area (Å²) in [6.45, 7) is 4.86. The van der Waals surface area contributed by atoms with Crippen molar-refractivity contribution in [2.45, 2.75) is 64.8 Å². The largest absolute Gasteiger partial charge is 0.507 e. The predicted molar refractivity (Wildman–Crippen MR) is 99.7 cm³/mol. The molecule has 5 heteroatoms. The molecular weight excluding hydrogens is 314 g/mol. The summed E-state index contributed by atoms with van der Waals surface area (Å²) in [5.74, 6) is 0.714. The van der Waals surface area contributed by atoms with Crippen LogP contribution in [0.3, 0.4) is 0 Å². The molecule has 0 spiro atoms. The Kier molecular flexibility index (Phi) is 5.41. The minimum atomic E-state index is -0.0419. The number of aryl methyl sites for hydroxylation is 1. The van der Waals surface area contributed by atoms with Crippen LogP contribution in [0.1, 0.15) is 64.0 Å². The average molecular weight is 341 g/mol. The molecular formula is C20H27N3O2. The second-order valence-corrected chi connectivity index (χ2v) is 6.79. The summed E-state index contributed by atoms with van der Waals surface area (Å²) in [5, 5.41) is 17.9. The van der Waals surface area contributed by atoms with Crippen molar-refractivity contribution in [1.29, 1.82) is 0 Å². The van der Waals surface area contributed by atoms with Gasteiger partial charge in [0.25, 0.3) is 0 Å². The van der Waals surface area contributed by atoms with Crippen LogP contribution < -0.4 is 5.32 Å². The van der Waals surface area contributed by atoms with Crippen molar-refractivity contribution in [3.63, 3.8) is 0 Å². The number of anilines is 1. The van der Waals surface area contributed by atoms with Gasteiger partial charge in [0.05, 0.1) is 5.69 Å². The molecule has 0 aliphatic heterocycles. The van der Waals surface area contributed by atoms with E-state index >= 15 is 0 Å². The molecule has 5 nitrogen and oxygen atoms in total. The number of carbonyl (C=O) groups excluding carboxylic acids is 1. The monoisotopic (exact) mass is 341 g/mol. The van der Waals surface area contributed by atoms with Crippen molar-refractivity contribution in [2.24, 2.45) is 0 Å². The second kappa shape index (κ2) is 7.72. The highest BCUT2D eigenvalue weighted by Gasteiger charge is 2.23. The van der Waals surface area contributed by atoms with Crippen molar-refractivity contribution in [1.82, 2.24) is 9.78 Å². The van der Waals surface area contributed by atoms with Gasteiger partial charge in [-0.3, -0.25) is 9.48 Å². The van der Waals surface area contributed by atoms with E-state index in [1.807, 2.05) is 6.92 Å². The standard InChI is InChI=1S/C20H27N3O2/c1-3-11-23-18(14-7-5-6-8-14)13-17(22-23)16-12-15(9-10-19(16)24)21-20(25)4-2/h9-10,12-14,24H,3-8,11H2,1-2H3,(H,21,25). The molecule has 134 valence electrons. The van der Waals surface area contributed by atoms with Crippen LogP contribution in [0.5, 0.6) is 5.75 Å². The van der Waals surface area contributed by atoms with Crippen LogP contribution in [0, 0.1) is 0 Å². The first-order chi connectivity index (χ1) is 12.1. The molecule has 0 radical (unpaired) electrons. The number of hydrogen-bond donors (Lipinski definition) is 2. The summed E-state index contributed by atoms with van der Waals surface area (Å²) in [7, 11) is 0. The van der Waals surface area contributed by atoms with Crippen molar-refractivity contribution >= 4 is 11.6 Å². The molecule has 0 bridgehead atoms. The van der Waals surface area contributed by atoms with Crippen molar-refractivity contribution in [3.05, 3.63) is 30.0 Å². The molecule has 1 aromatic heterocycles. The van der Waals surface area contributed by atoms with E-state index in [0.717, 1.165) is 18.7 Å². The quantitative estimate of drug-likeness (QED) is 0.750. The lowest BCUT2D eigenvalue weighted by atomic mass is 10.0. The average Bonchev–Trinajstić information content (AvgIpc) is 3.26. The molecule has 25 heavy (non-hydrogen) atoms. The van der Waals surface area contributed by atoms with Gasteiger partial charge in [0, 0.05) is 35.8 Å². The van der Waals surface area contributed by atoms with Crippen LogP contribution in [-0.4, -0.2) is 20.8 Å². The third-order valence-corrected chi connectivity index (χ3v) is 4.90. The first kappa shape index (κ1) is 17.5. The van der Waals surface area contributed by atoms with E-state index in [0.29, 0.717) is 23.6 Å². The summed E-state index contributed by atoms with van der Waals surface area (Å²) in [6, 6.07) is 7.26. The Balaban J connectivity index is 1.96. The molecule has 1 saturated carbocycles. The summed E-state index contributed by atoms with van der Waals surface area (Å²) in [5.41, 5.74) is 3.41. The first-order valence-corrected chi connectivity index (χ1v) is 9.33. The first-order valence-electron chi connectivity index (χ1n) is 9.33. The molecule has 3 rings (SSSR count). The predicted octanol–water partition coefficient (Wildman–Crippen LogP) is 4.67. The van der Waals surface area contributed by atoms with E-state index in [-0.39, 0.29) is 11.7 Å². The number of nitrogens with zero attached hydrogens (tertiary/aromatic N) is 2. The molecule has 1 aromatic carbocycles. The fourth-order valence-electron chi connectivity index (χ4n) is 3.57. The number of benzene rings is 1. The third kappa shape index (κ3) is 3.86. The van der Waals surface area contributed by atoms with E-state index in [9.17, 15) is 9.90 Å². The molecule has 1 aliphatic rings. The Bertz CT molecular complexity index is 745. The van der Waals surface area contributed by atoms with E-state index in [4.69, 9.17) is 5.10 Å². The number of nitrogens with one attached hydrogen (secondary N) is 1. The van der Waals surface area contributed by atoms with Gasteiger partial charge in [-0.2, -0.15) is 5.10 Å². The second-order valence-electron chi connectivity index (χ2n) is 6.79. The van der Waals surface area contributed by atoms with Gasteiger partial charge in [-0.25, -0.2) is 0 Å².